The highest BCUT2D eigenvalue weighted by atomic mass is 35.5. The van der Waals surface area contributed by atoms with Crippen molar-refractivity contribution in [2.24, 2.45) is 5.92 Å². The normalized spacial score (nSPS) is 19.2. The van der Waals surface area contributed by atoms with Gasteiger partial charge in [-0.2, -0.15) is 0 Å². The zero-order valence-corrected chi connectivity index (χ0v) is 12.6. The molecule has 1 saturated carbocycles. The standard InChI is InChI=1S/C14H16Cl2N2O2/c1-2-17-12(19)10-5-3-9(4-6-10)8-18-13(20)11-7-14(11,15)16/h3-6,11H,2,7-8H2,1H3,(H,17,19)(H,18,20). The van der Waals surface area contributed by atoms with Crippen LogP contribution in [-0.4, -0.2) is 22.7 Å². The maximum atomic E-state index is 11.7. The summed E-state index contributed by atoms with van der Waals surface area (Å²) in [5, 5.41) is 5.51. The molecule has 0 spiro atoms. The van der Waals surface area contributed by atoms with Crippen LogP contribution in [0, 0.1) is 5.92 Å². The highest BCUT2D eigenvalue weighted by Crippen LogP contribution is 2.53. The van der Waals surface area contributed by atoms with E-state index in [1.807, 2.05) is 19.1 Å². The molecule has 20 heavy (non-hydrogen) atoms. The molecule has 0 heterocycles. The Kier molecular flexibility index (Phi) is 4.55. The second-order valence-corrected chi connectivity index (χ2v) is 6.33. The fourth-order valence-corrected chi connectivity index (χ4v) is 2.35. The summed E-state index contributed by atoms with van der Waals surface area (Å²) in [5.41, 5.74) is 1.52. The van der Waals surface area contributed by atoms with Crippen LogP contribution in [0.1, 0.15) is 29.3 Å². The van der Waals surface area contributed by atoms with Gasteiger partial charge in [0.25, 0.3) is 5.91 Å². The Morgan fingerprint density at radius 2 is 1.85 bits per heavy atom. The van der Waals surface area contributed by atoms with Crippen LogP contribution in [0.4, 0.5) is 0 Å². The number of benzene rings is 1. The molecule has 1 fully saturated rings. The zero-order valence-electron chi connectivity index (χ0n) is 11.1. The molecule has 1 unspecified atom stereocenters. The van der Waals surface area contributed by atoms with Crippen molar-refractivity contribution in [3.05, 3.63) is 35.4 Å². The minimum atomic E-state index is -0.897. The fraction of sp³-hybridized carbons (Fsp3) is 0.429. The molecule has 0 radical (unpaired) electrons. The fourth-order valence-electron chi connectivity index (χ4n) is 1.85. The van der Waals surface area contributed by atoms with E-state index in [1.54, 1.807) is 12.1 Å². The van der Waals surface area contributed by atoms with Crippen LogP contribution in [-0.2, 0) is 11.3 Å². The molecule has 2 rings (SSSR count). The average molecular weight is 315 g/mol. The summed E-state index contributed by atoms with van der Waals surface area (Å²) in [6.07, 6.45) is 0.498. The minimum absolute atomic E-state index is 0.102. The first-order valence-electron chi connectivity index (χ1n) is 6.46. The molecule has 4 nitrogen and oxygen atoms in total. The van der Waals surface area contributed by atoms with Gasteiger partial charge >= 0.3 is 0 Å². The number of hydrogen-bond acceptors (Lipinski definition) is 2. The summed E-state index contributed by atoms with van der Waals surface area (Å²) >= 11 is 11.7. The third-order valence-corrected chi connectivity index (χ3v) is 4.00. The van der Waals surface area contributed by atoms with Gasteiger partial charge < -0.3 is 10.6 Å². The van der Waals surface area contributed by atoms with E-state index in [0.29, 0.717) is 25.1 Å². The largest absolute Gasteiger partial charge is 0.352 e. The molecule has 1 aliphatic rings. The SMILES string of the molecule is CCNC(=O)c1ccc(CNC(=O)C2CC2(Cl)Cl)cc1. The van der Waals surface area contributed by atoms with Crippen molar-refractivity contribution in [3.63, 3.8) is 0 Å². The first kappa shape index (κ1) is 15.1. The smallest absolute Gasteiger partial charge is 0.251 e. The van der Waals surface area contributed by atoms with Gasteiger partial charge in [0, 0.05) is 18.7 Å². The number of halogens is 2. The molecule has 0 aromatic heterocycles. The van der Waals surface area contributed by atoms with Gasteiger partial charge in [-0.15, -0.1) is 23.2 Å². The summed E-state index contributed by atoms with van der Waals surface area (Å²) < 4.78 is -0.897. The van der Waals surface area contributed by atoms with Crippen LogP contribution in [0.15, 0.2) is 24.3 Å². The molecular formula is C14H16Cl2N2O2. The maximum absolute atomic E-state index is 11.7. The van der Waals surface area contributed by atoms with Gasteiger partial charge in [0.15, 0.2) is 0 Å². The lowest BCUT2D eigenvalue weighted by Gasteiger charge is -2.07. The van der Waals surface area contributed by atoms with E-state index in [-0.39, 0.29) is 17.7 Å². The van der Waals surface area contributed by atoms with E-state index in [4.69, 9.17) is 23.2 Å². The first-order valence-corrected chi connectivity index (χ1v) is 7.22. The number of rotatable bonds is 5. The Morgan fingerprint density at radius 1 is 1.25 bits per heavy atom. The topological polar surface area (TPSA) is 58.2 Å². The summed E-state index contributed by atoms with van der Waals surface area (Å²) in [4.78, 5) is 23.3. The highest BCUT2D eigenvalue weighted by molar-refractivity contribution is 6.52. The Hall–Kier alpha value is -1.26. The van der Waals surface area contributed by atoms with Crippen molar-refractivity contribution in [1.29, 1.82) is 0 Å². The van der Waals surface area contributed by atoms with Crippen LogP contribution in [0.25, 0.3) is 0 Å². The number of nitrogens with one attached hydrogen (secondary N) is 2. The van der Waals surface area contributed by atoms with Crippen LogP contribution >= 0.6 is 23.2 Å². The lowest BCUT2D eigenvalue weighted by atomic mass is 10.1. The summed E-state index contributed by atoms with van der Waals surface area (Å²) in [6, 6.07) is 7.09. The highest BCUT2D eigenvalue weighted by Gasteiger charge is 2.56. The van der Waals surface area contributed by atoms with Crippen molar-refractivity contribution < 1.29 is 9.59 Å². The molecule has 2 amide bonds. The number of alkyl halides is 2. The summed E-state index contributed by atoms with van der Waals surface area (Å²) in [7, 11) is 0. The number of carbonyl (C=O) groups excluding carboxylic acids is 2. The van der Waals surface area contributed by atoms with Gasteiger partial charge in [-0.3, -0.25) is 9.59 Å². The van der Waals surface area contributed by atoms with Gasteiger partial charge in [-0.1, -0.05) is 12.1 Å². The molecule has 2 N–H and O–H groups in total. The van der Waals surface area contributed by atoms with E-state index < -0.39 is 4.33 Å². The van der Waals surface area contributed by atoms with Gasteiger partial charge in [-0.05, 0) is 31.0 Å². The quantitative estimate of drug-likeness (QED) is 0.819. The number of amides is 2. The van der Waals surface area contributed by atoms with Gasteiger partial charge in [0.05, 0.1) is 5.92 Å². The summed E-state index contributed by atoms with van der Waals surface area (Å²) in [5.74, 6) is -0.557. The van der Waals surface area contributed by atoms with Crippen LogP contribution in [0.2, 0.25) is 0 Å². The molecule has 0 aliphatic heterocycles. The van der Waals surface area contributed by atoms with E-state index in [9.17, 15) is 9.59 Å². The molecule has 0 saturated heterocycles. The number of carbonyl (C=O) groups is 2. The molecule has 6 heteroatoms. The van der Waals surface area contributed by atoms with Crippen molar-refractivity contribution >= 4 is 35.0 Å². The number of hydrogen-bond donors (Lipinski definition) is 2. The predicted molar refractivity (Wildman–Crippen MR) is 78.8 cm³/mol. The second-order valence-electron chi connectivity index (χ2n) is 4.79. The van der Waals surface area contributed by atoms with E-state index in [1.165, 1.54) is 0 Å². The van der Waals surface area contributed by atoms with E-state index in [2.05, 4.69) is 10.6 Å². The zero-order chi connectivity index (χ0) is 14.8. The third-order valence-electron chi connectivity index (χ3n) is 3.16. The average Bonchev–Trinajstić information content (AvgIpc) is 3.06. The Balaban J connectivity index is 1.85. The maximum Gasteiger partial charge on any atom is 0.251 e. The first-order chi connectivity index (χ1) is 9.44. The van der Waals surface area contributed by atoms with Crippen molar-refractivity contribution in [3.8, 4) is 0 Å². The van der Waals surface area contributed by atoms with Crippen molar-refractivity contribution in [2.75, 3.05) is 6.54 Å². The molecule has 1 aliphatic carbocycles. The molecule has 0 bridgehead atoms. The molecule has 108 valence electrons. The monoisotopic (exact) mass is 314 g/mol. The second kappa shape index (κ2) is 6.02. The van der Waals surface area contributed by atoms with Crippen molar-refractivity contribution in [1.82, 2.24) is 10.6 Å². The molecule has 1 aromatic carbocycles. The van der Waals surface area contributed by atoms with Crippen LogP contribution < -0.4 is 10.6 Å². The lowest BCUT2D eigenvalue weighted by molar-refractivity contribution is -0.122. The lowest BCUT2D eigenvalue weighted by Crippen LogP contribution is -2.26. The molecular weight excluding hydrogens is 299 g/mol. The van der Waals surface area contributed by atoms with E-state index >= 15 is 0 Å². The Bertz CT molecular complexity index is 514. The Morgan fingerprint density at radius 3 is 2.35 bits per heavy atom. The Labute approximate surface area is 127 Å². The van der Waals surface area contributed by atoms with E-state index in [0.717, 1.165) is 5.56 Å². The molecule has 1 aromatic rings. The molecule has 1 atom stereocenters. The summed E-state index contributed by atoms with van der Waals surface area (Å²) in [6.45, 7) is 2.86. The van der Waals surface area contributed by atoms with Gasteiger partial charge in [0.1, 0.15) is 4.33 Å². The van der Waals surface area contributed by atoms with Gasteiger partial charge in [0.2, 0.25) is 5.91 Å². The minimum Gasteiger partial charge on any atom is -0.352 e. The third kappa shape index (κ3) is 3.64. The van der Waals surface area contributed by atoms with Crippen LogP contribution in [0.5, 0.6) is 0 Å². The van der Waals surface area contributed by atoms with Gasteiger partial charge in [-0.25, -0.2) is 0 Å². The van der Waals surface area contributed by atoms with Crippen molar-refractivity contribution in [2.45, 2.75) is 24.2 Å². The van der Waals surface area contributed by atoms with Crippen LogP contribution in [0.3, 0.4) is 0 Å². The predicted octanol–water partition coefficient (Wildman–Crippen LogP) is 2.25.